The van der Waals surface area contributed by atoms with Crippen molar-refractivity contribution in [2.75, 3.05) is 0 Å². The normalized spacial score (nSPS) is 22.2. The van der Waals surface area contributed by atoms with Crippen molar-refractivity contribution in [1.82, 2.24) is 25.2 Å². The number of rotatable bonds is 7. The van der Waals surface area contributed by atoms with Crippen LogP contribution >= 0.6 is 0 Å². The number of halogens is 5. The standard InChI is InChI=1S/C27H28F5N5O3/c28-26(29)8-6-18(7-9-26)23(36-25(39)40-15-16-4-2-1-3-5-16)20-14-37-22(34-20)11-17(13-33-37)10-19-12-21(27(30,31)32)35-24(19)38/h1-5,11,13-14,18-19,21,23H,6-10,12,15H2,(H,35,38)(H,36,39)/t19?,21-,23-/m0/s1. The van der Waals surface area contributed by atoms with Gasteiger partial charge in [-0.15, -0.1) is 0 Å². The van der Waals surface area contributed by atoms with Crippen molar-refractivity contribution in [2.45, 2.75) is 69.3 Å². The van der Waals surface area contributed by atoms with E-state index in [2.05, 4.69) is 15.4 Å². The van der Waals surface area contributed by atoms with Gasteiger partial charge < -0.3 is 15.4 Å². The minimum atomic E-state index is -4.52. The second kappa shape index (κ2) is 11.0. The Hall–Kier alpha value is -3.77. The smallest absolute Gasteiger partial charge is 0.408 e. The van der Waals surface area contributed by atoms with Crippen molar-refractivity contribution in [3.63, 3.8) is 0 Å². The van der Waals surface area contributed by atoms with Gasteiger partial charge >= 0.3 is 12.3 Å². The molecular weight excluding hydrogens is 537 g/mol. The maximum Gasteiger partial charge on any atom is 0.408 e. The molecule has 1 aliphatic carbocycles. The molecule has 0 spiro atoms. The van der Waals surface area contributed by atoms with Crippen LogP contribution in [0.1, 0.15) is 55.0 Å². The van der Waals surface area contributed by atoms with E-state index in [0.29, 0.717) is 16.9 Å². The van der Waals surface area contributed by atoms with Crippen molar-refractivity contribution < 1.29 is 36.3 Å². The summed E-state index contributed by atoms with van der Waals surface area (Å²) >= 11 is 0. The van der Waals surface area contributed by atoms with E-state index >= 15 is 0 Å². The summed E-state index contributed by atoms with van der Waals surface area (Å²) in [4.78, 5) is 29.4. The highest BCUT2D eigenvalue weighted by Crippen LogP contribution is 2.41. The molecule has 5 rings (SSSR count). The van der Waals surface area contributed by atoms with Gasteiger partial charge in [-0.1, -0.05) is 30.3 Å². The monoisotopic (exact) mass is 565 g/mol. The van der Waals surface area contributed by atoms with Crippen molar-refractivity contribution in [2.24, 2.45) is 11.8 Å². The number of amides is 2. The minimum Gasteiger partial charge on any atom is -0.445 e. The van der Waals surface area contributed by atoms with Crippen molar-refractivity contribution in [3.8, 4) is 0 Å². The number of fused-ring (bicyclic) bond motifs is 1. The molecule has 8 nitrogen and oxygen atoms in total. The van der Waals surface area contributed by atoms with E-state index in [9.17, 15) is 31.5 Å². The van der Waals surface area contributed by atoms with Crippen LogP contribution < -0.4 is 10.6 Å². The molecule has 13 heteroatoms. The van der Waals surface area contributed by atoms with Crippen molar-refractivity contribution >= 4 is 17.6 Å². The average molecular weight is 566 g/mol. The number of alkyl carbamates (subject to hydrolysis) is 1. The number of benzene rings is 1. The molecule has 1 saturated carbocycles. The summed E-state index contributed by atoms with van der Waals surface area (Å²) in [6.45, 7) is 0.0299. The zero-order valence-corrected chi connectivity index (χ0v) is 21.3. The van der Waals surface area contributed by atoms with E-state index in [4.69, 9.17) is 4.74 Å². The van der Waals surface area contributed by atoms with E-state index in [0.717, 1.165) is 5.56 Å². The van der Waals surface area contributed by atoms with Crippen LogP contribution in [-0.4, -0.2) is 44.7 Å². The van der Waals surface area contributed by atoms with Gasteiger partial charge in [0.1, 0.15) is 12.6 Å². The van der Waals surface area contributed by atoms with Crippen LogP contribution in [0.5, 0.6) is 0 Å². The third kappa shape index (κ3) is 6.50. The topological polar surface area (TPSA) is 97.6 Å². The number of hydrogen-bond acceptors (Lipinski definition) is 5. The number of imidazole rings is 1. The summed E-state index contributed by atoms with van der Waals surface area (Å²) in [7, 11) is 0. The van der Waals surface area contributed by atoms with Gasteiger partial charge in [0.05, 0.1) is 24.1 Å². The van der Waals surface area contributed by atoms with E-state index in [1.807, 2.05) is 23.5 Å². The summed E-state index contributed by atoms with van der Waals surface area (Å²) in [5.74, 6) is -4.61. The second-order valence-electron chi connectivity index (χ2n) is 10.4. The molecule has 3 heterocycles. The first-order valence-corrected chi connectivity index (χ1v) is 13.0. The molecule has 1 aliphatic heterocycles. The largest absolute Gasteiger partial charge is 0.445 e. The van der Waals surface area contributed by atoms with E-state index in [1.165, 1.54) is 10.7 Å². The molecule has 2 aliphatic rings. The Morgan fingerprint density at radius 2 is 1.90 bits per heavy atom. The molecule has 3 aromatic rings. The summed E-state index contributed by atoms with van der Waals surface area (Å²) < 4.78 is 73.6. The zero-order valence-electron chi connectivity index (χ0n) is 21.3. The molecule has 2 fully saturated rings. The Morgan fingerprint density at radius 3 is 2.58 bits per heavy atom. The summed E-state index contributed by atoms with van der Waals surface area (Å²) in [5.41, 5.74) is 2.06. The molecule has 40 heavy (non-hydrogen) atoms. The first-order chi connectivity index (χ1) is 19.0. The summed E-state index contributed by atoms with van der Waals surface area (Å²) in [5, 5.41) is 9.06. The molecule has 1 unspecified atom stereocenters. The number of nitrogens with one attached hydrogen (secondary N) is 2. The predicted octanol–water partition coefficient (Wildman–Crippen LogP) is 5.13. The molecule has 1 aromatic carbocycles. The lowest BCUT2D eigenvalue weighted by molar-refractivity contribution is -0.154. The molecule has 2 aromatic heterocycles. The van der Waals surface area contributed by atoms with E-state index < -0.39 is 42.1 Å². The molecule has 1 saturated heterocycles. The fraction of sp³-hybridized carbons (Fsp3) is 0.481. The molecule has 0 bridgehead atoms. The maximum atomic E-state index is 13.9. The number of alkyl halides is 5. The Morgan fingerprint density at radius 1 is 1.18 bits per heavy atom. The highest BCUT2D eigenvalue weighted by molar-refractivity contribution is 5.81. The van der Waals surface area contributed by atoms with Gasteiger partial charge in [0.15, 0.2) is 5.65 Å². The third-order valence-electron chi connectivity index (χ3n) is 7.52. The SMILES string of the molecule is O=C(N[C@H](c1cn2ncc(CC3C[C@@H](C(F)(F)F)NC3=O)cc2n1)C1CCC(F)(F)CC1)OCc1ccccc1. The Labute approximate surface area is 226 Å². The van der Waals surface area contributed by atoms with Gasteiger partial charge in [-0.05, 0) is 48.8 Å². The van der Waals surface area contributed by atoms with Crippen molar-refractivity contribution in [3.05, 3.63) is 65.6 Å². The van der Waals surface area contributed by atoms with Crippen LogP contribution in [-0.2, 0) is 22.6 Å². The molecule has 214 valence electrons. The number of nitrogens with zero attached hydrogens (tertiary/aromatic N) is 3. The molecule has 2 amide bonds. The Balaban J connectivity index is 1.32. The fourth-order valence-corrected chi connectivity index (χ4v) is 5.33. The predicted molar refractivity (Wildman–Crippen MR) is 132 cm³/mol. The Bertz CT molecular complexity index is 1350. The van der Waals surface area contributed by atoms with Crippen LogP contribution in [0.3, 0.4) is 0 Å². The molecule has 3 atom stereocenters. The third-order valence-corrected chi connectivity index (χ3v) is 7.52. The number of ether oxygens (including phenoxy) is 1. The minimum absolute atomic E-state index is 0.0299. The van der Waals surface area contributed by atoms with Gasteiger partial charge in [-0.2, -0.15) is 18.3 Å². The molecule has 2 N–H and O–H groups in total. The van der Waals surface area contributed by atoms with Crippen LogP contribution in [0, 0.1) is 11.8 Å². The van der Waals surface area contributed by atoms with Crippen LogP contribution in [0.2, 0.25) is 0 Å². The highest BCUT2D eigenvalue weighted by Gasteiger charge is 2.47. The lowest BCUT2D eigenvalue weighted by atomic mass is 9.81. The molecule has 0 radical (unpaired) electrons. The lowest BCUT2D eigenvalue weighted by Gasteiger charge is -2.33. The van der Waals surface area contributed by atoms with Gasteiger partial charge in [0.25, 0.3) is 0 Å². The number of aromatic nitrogens is 3. The van der Waals surface area contributed by atoms with Gasteiger partial charge in [-0.25, -0.2) is 23.1 Å². The quantitative estimate of drug-likeness (QED) is 0.387. The highest BCUT2D eigenvalue weighted by atomic mass is 19.4. The van der Waals surface area contributed by atoms with Crippen LogP contribution in [0.25, 0.3) is 5.65 Å². The van der Waals surface area contributed by atoms with Gasteiger partial charge in [0.2, 0.25) is 11.8 Å². The fourth-order valence-electron chi connectivity index (χ4n) is 5.33. The van der Waals surface area contributed by atoms with E-state index in [1.54, 1.807) is 24.4 Å². The first kappa shape index (κ1) is 27.8. The van der Waals surface area contributed by atoms with Gasteiger partial charge in [-0.3, -0.25) is 4.79 Å². The van der Waals surface area contributed by atoms with E-state index in [-0.39, 0.29) is 51.0 Å². The van der Waals surface area contributed by atoms with Crippen molar-refractivity contribution in [1.29, 1.82) is 0 Å². The number of hydrogen-bond donors (Lipinski definition) is 2. The number of carbonyl (C=O) groups excluding carboxylic acids is 2. The van der Waals surface area contributed by atoms with Crippen LogP contribution in [0.15, 0.2) is 48.8 Å². The average Bonchev–Trinajstić information content (AvgIpc) is 3.50. The summed E-state index contributed by atoms with van der Waals surface area (Å²) in [6.07, 6.45) is -2.81. The van der Waals surface area contributed by atoms with Crippen LogP contribution in [0.4, 0.5) is 26.7 Å². The maximum absolute atomic E-state index is 13.9. The van der Waals surface area contributed by atoms with Gasteiger partial charge in [0, 0.05) is 18.8 Å². The first-order valence-electron chi connectivity index (χ1n) is 13.0. The molecular formula is C27H28F5N5O3. The number of carbonyl (C=O) groups is 2. The Kier molecular flexibility index (Phi) is 7.65. The second-order valence-corrected chi connectivity index (χ2v) is 10.4. The zero-order chi connectivity index (χ0) is 28.5. The summed E-state index contributed by atoms with van der Waals surface area (Å²) in [6, 6.07) is 8.08. The lowest BCUT2D eigenvalue weighted by Crippen LogP contribution is -2.38.